The first-order valence-corrected chi connectivity index (χ1v) is 14.2. The van der Waals surface area contributed by atoms with Gasteiger partial charge in [-0.15, -0.1) is 0 Å². The summed E-state index contributed by atoms with van der Waals surface area (Å²) in [5.74, 6) is 0.811. The Balaban J connectivity index is 1.72. The molecule has 0 spiro atoms. The molecule has 0 amide bonds. The molecule has 0 saturated heterocycles. The molecule has 2 N–H and O–H groups in total. The summed E-state index contributed by atoms with van der Waals surface area (Å²) >= 11 is 0. The number of ether oxygens (including phenoxy) is 1. The topological polar surface area (TPSA) is 54.1 Å². The van der Waals surface area contributed by atoms with Crippen molar-refractivity contribution in [3.05, 3.63) is 90.0 Å². The average molecular weight is 515 g/mol. The lowest BCUT2D eigenvalue weighted by atomic mass is 10.1. The monoisotopic (exact) mass is 514 g/mol. The van der Waals surface area contributed by atoms with E-state index in [-0.39, 0.29) is 0 Å². The number of hydrogen-bond donors (Lipinski definition) is 1. The standard InChI is InChI=1S/C33H46N4O/c1-4-7-19-30(27-37(25-28-15-10-8-11-16-28)26-29-17-12-9-13-18-29)35-33-21-20-31(24-32(33)34)38-23-14-22-36(5-2)6-3/h8-13,15-18,20-21,24H,4-7,14,19,22-23,25-27,34H2,1-3H3. The Morgan fingerprint density at radius 3 is 1.97 bits per heavy atom. The minimum atomic E-state index is 0.665. The number of unbranched alkanes of at least 4 members (excludes halogenated alkanes) is 1. The first-order chi connectivity index (χ1) is 18.6. The number of nitrogen functional groups attached to an aromatic ring is 1. The van der Waals surface area contributed by atoms with Gasteiger partial charge in [-0.3, -0.25) is 9.89 Å². The normalized spacial score (nSPS) is 11.9. The summed E-state index contributed by atoms with van der Waals surface area (Å²) in [5, 5.41) is 0. The van der Waals surface area contributed by atoms with E-state index in [0.717, 1.165) is 76.4 Å². The summed E-state index contributed by atoms with van der Waals surface area (Å²) in [4.78, 5) is 9.97. The fraction of sp³-hybridized carbons (Fsp3) is 0.424. The summed E-state index contributed by atoms with van der Waals surface area (Å²) in [6.45, 7) is 13.0. The maximum Gasteiger partial charge on any atom is 0.121 e. The maximum atomic E-state index is 6.46. The molecule has 38 heavy (non-hydrogen) atoms. The zero-order valence-electron chi connectivity index (χ0n) is 23.6. The van der Waals surface area contributed by atoms with Crippen LogP contribution >= 0.6 is 0 Å². The fourth-order valence-electron chi connectivity index (χ4n) is 4.57. The van der Waals surface area contributed by atoms with Crippen LogP contribution in [0.3, 0.4) is 0 Å². The van der Waals surface area contributed by atoms with Crippen LogP contribution in [0.2, 0.25) is 0 Å². The maximum absolute atomic E-state index is 6.46. The van der Waals surface area contributed by atoms with E-state index in [0.29, 0.717) is 12.3 Å². The molecular formula is C33H46N4O. The molecule has 0 aliphatic heterocycles. The molecule has 0 heterocycles. The molecule has 204 valence electrons. The molecule has 3 aromatic rings. The van der Waals surface area contributed by atoms with E-state index in [1.807, 2.05) is 18.2 Å². The second-order valence-corrected chi connectivity index (χ2v) is 9.85. The van der Waals surface area contributed by atoms with Crippen molar-refractivity contribution in [2.75, 3.05) is 38.5 Å². The van der Waals surface area contributed by atoms with Gasteiger partial charge in [0.2, 0.25) is 0 Å². The Kier molecular flexibility index (Phi) is 12.9. The van der Waals surface area contributed by atoms with Gasteiger partial charge in [0, 0.05) is 38.0 Å². The third-order valence-electron chi connectivity index (χ3n) is 6.78. The van der Waals surface area contributed by atoms with Gasteiger partial charge >= 0.3 is 0 Å². The highest BCUT2D eigenvalue weighted by Crippen LogP contribution is 2.28. The van der Waals surface area contributed by atoms with Gasteiger partial charge in [0.05, 0.1) is 18.0 Å². The van der Waals surface area contributed by atoms with Crippen LogP contribution in [0.1, 0.15) is 57.6 Å². The van der Waals surface area contributed by atoms with Gasteiger partial charge in [0.25, 0.3) is 0 Å². The zero-order chi connectivity index (χ0) is 27.0. The number of nitrogens with two attached hydrogens (primary N) is 1. The molecule has 0 radical (unpaired) electrons. The van der Waals surface area contributed by atoms with Gasteiger partial charge < -0.3 is 15.4 Å². The lowest BCUT2D eigenvalue weighted by Gasteiger charge is -2.24. The van der Waals surface area contributed by atoms with Crippen LogP contribution in [0.25, 0.3) is 0 Å². The molecule has 5 nitrogen and oxygen atoms in total. The van der Waals surface area contributed by atoms with Crippen molar-refractivity contribution in [3.8, 4) is 5.75 Å². The van der Waals surface area contributed by atoms with Crippen molar-refractivity contribution in [2.24, 2.45) is 4.99 Å². The third kappa shape index (κ3) is 10.3. The highest BCUT2D eigenvalue weighted by molar-refractivity contribution is 5.90. The molecule has 0 aromatic heterocycles. The van der Waals surface area contributed by atoms with Gasteiger partial charge in [-0.25, -0.2) is 0 Å². The molecule has 0 aliphatic carbocycles. The number of anilines is 1. The highest BCUT2D eigenvalue weighted by atomic mass is 16.5. The van der Waals surface area contributed by atoms with Crippen LogP contribution in [-0.2, 0) is 13.1 Å². The first-order valence-electron chi connectivity index (χ1n) is 14.2. The van der Waals surface area contributed by atoms with Crippen LogP contribution < -0.4 is 10.5 Å². The highest BCUT2D eigenvalue weighted by Gasteiger charge is 2.12. The second kappa shape index (κ2) is 16.6. The molecule has 0 aliphatic rings. The third-order valence-corrected chi connectivity index (χ3v) is 6.78. The first kappa shape index (κ1) is 29.4. The fourth-order valence-corrected chi connectivity index (χ4v) is 4.57. The van der Waals surface area contributed by atoms with Gasteiger partial charge in [-0.1, -0.05) is 87.9 Å². The summed E-state index contributed by atoms with van der Waals surface area (Å²) in [7, 11) is 0. The van der Waals surface area contributed by atoms with Crippen molar-refractivity contribution >= 4 is 17.1 Å². The summed E-state index contributed by atoms with van der Waals surface area (Å²) < 4.78 is 5.99. The van der Waals surface area contributed by atoms with E-state index in [9.17, 15) is 0 Å². The van der Waals surface area contributed by atoms with E-state index >= 15 is 0 Å². The second-order valence-electron chi connectivity index (χ2n) is 9.85. The van der Waals surface area contributed by atoms with Crippen LogP contribution in [-0.4, -0.2) is 48.3 Å². The minimum absolute atomic E-state index is 0.665. The van der Waals surface area contributed by atoms with Crippen molar-refractivity contribution in [1.29, 1.82) is 0 Å². The number of benzene rings is 3. The Morgan fingerprint density at radius 1 is 0.789 bits per heavy atom. The molecule has 0 atom stereocenters. The quantitative estimate of drug-likeness (QED) is 0.116. The van der Waals surface area contributed by atoms with Gasteiger partial charge in [0.15, 0.2) is 0 Å². The van der Waals surface area contributed by atoms with E-state index in [1.165, 1.54) is 16.8 Å². The average Bonchev–Trinajstić information content (AvgIpc) is 2.94. The molecule has 3 aromatic carbocycles. The lowest BCUT2D eigenvalue weighted by molar-refractivity contribution is 0.249. The molecule has 5 heteroatoms. The molecule has 0 fully saturated rings. The Morgan fingerprint density at radius 2 is 1.42 bits per heavy atom. The Bertz CT molecular complexity index is 1040. The molecular weight excluding hydrogens is 468 g/mol. The predicted octanol–water partition coefficient (Wildman–Crippen LogP) is 7.34. The van der Waals surface area contributed by atoms with Crippen LogP contribution in [0, 0.1) is 0 Å². The van der Waals surface area contributed by atoms with E-state index in [2.05, 4.69) is 91.2 Å². The summed E-state index contributed by atoms with van der Waals surface area (Å²) in [6.07, 6.45) is 4.20. The molecule has 0 unspecified atom stereocenters. The summed E-state index contributed by atoms with van der Waals surface area (Å²) in [5.41, 5.74) is 11.7. The van der Waals surface area contributed by atoms with Crippen molar-refractivity contribution in [3.63, 3.8) is 0 Å². The molecule has 0 saturated carbocycles. The summed E-state index contributed by atoms with van der Waals surface area (Å²) in [6, 6.07) is 27.3. The molecule has 3 rings (SSSR count). The lowest BCUT2D eigenvalue weighted by Crippen LogP contribution is -2.29. The van der Waals surface area contributed by atoms with Gasteiger partial charge in [0.1, 0.15) is 5.75 Å². The van der Waals surface area contributed by atoms with Gasteiger partial charge in [-0.2, -0.15) is 0 Å². The number of hydrogen-bond acceptors (Lipinski definition) is 5. The predicted molar refractivity (Wildman–Crippen MR) is 162 cm³/mol. The Hall–Kier alpha value is -3.15. The number of rotatable bonds is 17. The van der Waals surface area contributed by atoms with Crippen LogP contribution in [0.15, 0.2) is 83.9 Å². The van der Waals surface area contributed by atoms with Gasteiger partial charge in [-0.05, 0) is 55.6 Å². The van der Waals surface area contributed by atoms with E-state index in [1.54, 1.807) is 0 Å². The zero-order valence-corrected chi connectivity index (χ0v) is 23.6. The largest absolute Gasteiger partial charge is 0.493 e. The number of nitrogens with zero attached hydrogens (tertiary/aromatic N) is 3. The van der Waals surface area contributed by atoms with E-state index in [4.69, 9.17) is 15.5 Å². The SMILES string of the molecule is CCCCC(CN(Cc1ccccc1)Cc1ccccc1)=Nc1ccc(OCCCN(CC)CC)cc1N. The Labute approximate surface area is 230 Å². The van der Waals surface area contributed by atoms with Crippen molar-refractivity contribution in [1.82, 2.24) is 9.80 Å². The van der Waals surface area contributed by atoms with E-state index < -0.39 is 0 Å². The minimum Gasteiger partial charge on any atom is -0.493 e. The van der Waals surface area contributed by atoms with Crippen molar-refractivity contribution < 1.29 is 4.74 Å². The van der Waals surface area contributed by atoms with Crippen molar-refractivity contribution in [2.45, 2.75) is 59.5 Å². The number of aliphatic imine (C=N–C) groups is 1. The smallest absolute Gasteiger partial charge is 0.121 e. The van der Waals surface area contributed by atoms with Crippen LogP contribution in [0.5, 0.6) is 5.75 Å². The van der Waals surface area contributed by atoms with Crippen LogP contribution in [0.4, 0.5) is 11.4 Å². The molecule has 0 bridgehead atoms.